The highest BCUT2D eigenvalue weighted by atomic mass is 32.1. The molecule has 2 bridgehead atoms. The smallest absolute Gasteiger partial charge is 0.00194 e. The van der Waals surface area contributed by atoms with E-state index in [1.54, 1.807) is 0 Å². The van der Waals surface area contributed by atoms with E-state index >= 15 is 0 Å². The Kier molecular flexibility index (Phi) is 1.95. The summed E-state index contributed by atoms with van der Waals surface area (Å²) in [6.45, 7) is 4.68. The van der Waals surface area contributed by atoms with E-state index in [-0.39, 0.29) is 0 Å². The summed E-state index contributed by atoms with van der Waals surface area (Å²) < 4.78 is 0. The van der Waals surface area contributed by atoms with Crippen molar-refractivity contribution in [3.63, 3.8) is 0 Å². The van der Waals surface area contributed by atoms with Crippen LogP contribution in [0, 0.1) is 23.7 Å². The van der Waals surface area contributed by atoms with Crippen LogP contribution in [0.3, 0.4) is 0 Å². The molecule has 0 spiro atoms. The van der Waals surface area contributed by atoms with E-state index in [2.05, 4.69) is 26.5 Å². The van der Waals surface area contributed by atoms with Crippen molar-refractivity contribution in [3.05, 3.63) is 0 Å². The maximum atomic E-state index is 4.56. The number of hydrogen-bond acceptors (Lipinski definition) is 1. The summed E-state index contributed by atoms with van der Waals surface area (Å²) in [5.74, 6) is 4.05. The Bertz CT molecular complexity index is 151. The summed E-state index contributed by atoms with van der Waals surface area (Å²) in [5, 5.41) is 0.637. The second-order valence-corrected chi connectivity index (χ2v) is 5.42. The largest absolute Gasteiger partial charge is 0.176 e. The zero-order valence-corrected chi connectivity index (χ0v) is 8.35. The molecule has 0 N–H and O–H groups in total. The molecule has 2 saturated carbocycles. The second kappa shape index (κ2) is 2.69. The second-order valence-electron chi connectivity index (χ2n) is 4.61. The standard InChI is InChI=1S/C10H18S/c1-6-3-9-4-8(6)5-10(9)7(2)11/h6-11H,3-5H2,1-2H3. The molecule has 1 heteroatoms. The third-order valence-corrected chi connectivity index (χ3v) is 4.27. The molecule has 0 aliphatic heterocycles. The van der Waals surface area contributed by atoms with E-state index in [9.17, 15) is 0 Å². The van der Waals surface area contributed by atoms with Gasteiger partial charge in [-0.2, -0.15) is 12.6 Å². The predicted molar refractivity (Wildman–Crippen MR) is 51.9 cm³/mol. The van der Waals surface area contributed by atoms with Crippen LogP contribution in [0.1, 0.15) is 33.1 Å². The Morgan fingerprint density at radius 1 is 1.18 bits per heavy atom. The van der Waals surface area contributed by atoms with E-state index in [0.717, 1.165) is 23.7 Å². The summed E-state index contributed by atoms with van der Waals surface area (Å²) in [6.07, 6.45) is 4.47. The molecule has 0 saturated heterocycles. The van der Waals surface area contributed by atoms with Crippen molar-refractivity contribution in [2.24, 2.45) is 23.7 Å². The first-order valence-corrected chi connectivity index (χ1v) is 5.38. The van der Waals surface area contributed by atoms with E-state index in [1.165, 1.54) is 19.3 Å². The van der Waals surface area contributed by atoms with Crippen LogP contribution in [-0.4, -0.2) is 5.25 Å². The van der Waals surface area contributed by atoms with Gasteiger partial charge in [-0.05, 0) is 42.9 Å². The monoisotopic (exact) mass is 170 g/mol. The fourth-order valence-electron chi connectivity index (χ4n) is 3.20. The first kappa shape index (κ1) is 7.97. The van der Waals surface area contributed by atoms with Crippen LogP contribution in [0.4, 0.5) is 0 Å². The lowest BCUT2D eigenvalue weighted by Crippen LogP contribution is -2.21. The van der Waals surface area contributed by atoms with Gasteiger partial charge < -0.3 is 0 Å². The van der Waals surface area contributed by atoms with Crippen LogP contribution in [0.2, 0.25) is 0 Å². The third-order valence-electron chi connectivity index (χ3n) is 3.88. The lowest BCUT2D eigenvalue weighted by Gasteiger charge is -2.27. The van der Waals surface area contributed by atoms with Gasteiger partial charge in [0.15, 0.2) is 0 Å². The third kappa shape index (κ3) is 1.22. The first-order chi connectivity index (χ1) is 5.18. The van der Waals surface area contributed by atoms with Crippen molar-refractivity contribution in [1.29, 1.82) is 0 Å². The van der Waals surface area contributed by atoms with Crippen LogP contribution in [0.5, 0.6) is 0 Å². The average Bonchev–Trinajstić information content (AvgIpc) is 2.43. The predicted octanol–water partition coefficient (Wildman–Crippen LogP) is 2.99. The van der Waals surface area contributed by atoms with Crippen molar-refractivity contribution in [1.82, 2.24) is 0 Å². The molecule has 64 valence electrons. The summed E-state index contributed by atoms with van der Waals surface area (Å²) in [5.41, 5.74) is 0. The van der Waals surface area contributed by atoms with Gasteiger partial charge in [-0.25, -0.2) is 0 Å². The SMILES string of the molecule is CC(S)C1CC2CC1CC2C. The molecule has 5 atom stereocenters. The van der Waals surface area contributed by atoms with E-state index < -0.39 is 0 Å². The van der Waals surface area contributed by atoms with Crippen molar-refractivity contribution < 1.29 is 0 Å². The first-order valence-electron chi connectivity index (χ1n) is 4.86. The summed E-state index contributed by atoms with van der Waals surface area (Å²) in [4.78, 5) is 0. The minimum atomic E-state index is 0.637. The maximum absolute atomic E-state index is 4.56. The van der Waals surface area contributed by atoms with Gasteiger partial charge in [0.1, 0.15) is 0 Å². The maximum Gasteiger partial charge on any atom is 0.00194 e. The van der Waals surface area contributed by atoms with Crippen molar-refractivity contribution in [2.45, 2.75) is 38.4 Å². The van der Waals surface area contributed by atoms with Gasteiger partial charge in [-0.3, -0.25) is 0 Å². The molecular formula is C10H18S. The van der Waals surface area contributed by atoms with Crippen LogP contribution in [0.25, 0.3) is 0 Å². The Morgan fingerprint density at radius 2 is 1.91 bits per heavy atom. The highest BCUT2D eigenvalue weighted by molar-refractivity contribution is 7.80. The highest BCUT2D eigenvalue weighted by Crippen LogP contribution is 2.53. The minimum absolute atomic E-state index is 0.637. The van der Waals surface area contributed by atoms with Crippen LogP contribution >= 0.6 is 12.6 Å². The molecule has 0 aromatic heterocycles. The zero-order chi connectivity index (χ0) is 8.01. The van der Waals surface area contributed by atoms with Gasteiger partial charge >= 0.3 is 0 Å². The van der Waals surface area contributed by atoms with Gasteiger partial charge in [0.05, 0.1) is 0 Å². The summed E-state index contributed by atoms with van der Waals surface area (Å²) in [6, 6.07) is 0. The quantitative estimate of drug-likeness (QED) is 0.575. The molecule has 0 nitrogen and oxygen atoms in total. The molecule has 2 aliphatic carbocycles. The lowest BCUT2D eigenvalue weighted by atomic mass is 9.81. The normalized spacial score (nSPS) is 51.5. The number of hydrogen-bond donors (Lipinski definition) is 1. The number of thiol groups is 1. The van der Waals surface area contributed by atoms with Gasteiger partial charge in [0.2, 0.25) is 0 Å². The van der Waals surface area contributed by atoms with E-state index in [1.807, 2.05) is 0 Å². The zero-order valence-electron chi connectivity index (χ0n) is 7.46. The minimum Gasteiger partial charge on any atom is -0.176 e. The Hall–Kier alpha value is 0.350. The summed E-state index contributed by atoms with van der Waals surface area (Å²) >= 11 is 4.56. The van der Waals surface area contributed by atoms with Gasteiger partial charge in [0, 0.05) is 5.25 Å². The van der Waals surface area contributed by atoms with Gasteiger partial charge in [-0.1, -0.05) is 13.8 Å². The van der Waals surface area contributed by atoms with Crippen molar-refractivity contribution in [3.8, 4) is 0 Å². The fourth-order valence-corrected chi connectivity index (χ4v) is 3.56. The van der Waals surface area contributed by atoms with Gasteiger partial charge in [-0.15, -0.1) is 0 Å². The lowest BCUT2D eigenvalue weighted by molar-refractivity contribution is 0.271. The molecule has 2 aliphatic rings. The molecule has 2 rings (SSSR count). The Balaban J connectivity index is 2.02. The Labute approximate surface area is 75.2 Å². The van der Waals surface area contributed by atoms with Crippen molar-refractivity contribution >= 4 is 12.6 Å². The number of fused-ring (bicyclic) bond motifs is 2. The fraction of sp³-hybridized carbons (Fsp3) is 1.00. The van der Waals surface area contributed by atoms with Crippen LogP contribution in [0.15, 0.2) is 0 Å². The molecule has 2 fully saturated rings. The topological polar surface area (TPSA) is 0 Å². The molecule has 0 radical (unpaired) electrons. The highest BCUT2D eigenvalue weighted by Gasteiger charge is 2.44. The molecule has 0 aromatic rings. The Morgan fingerprint density at radius 3 is 2.27 bits per heavy atom. The molecule has 0 aromatic carbocycles. The van der Waals surface area contributed by atoms with Crippen molar-refractivity contribution in [2.75, 3.05) is 0 Å². The molecule has 5 unspecified atom stereocenters. The van der Waals surface area contributed by atoms with E-state index in [4.69, 9.17) is 0 Å². The molecule has 0 amide bonds. The van der Waals surface area contributed by atoms with Crippen LogP contribution < -0.4 is 0 Å². The molecule has 11 heavy (non-hydrogen) atoms. The molecule has 0 heterocycles. The average molecular weight is 170 g/mol. The van der Waals surface area contributed by atoms with Gasteiger partial charge in [0.25, 0.3) is 0 Å². The van der Waals surface area contributed by atoms with E-state index in [0.29, 0.717) is 5.25 Å². The van der Waals surface area contributed by atoms with Crippen LogP contribution in [-0.2, 0) is 0 Å². The number of rotatable bonds is 1. The molecular weight excluding hydrogens is 152 g/mol. The summed E-state index contributed by atoms with van der Waals surface area (Å²) in [7, 11) is 0.